The number of pyridine rings is 1. The van der Waals surface area contributed by atoms with Gasteiger partial charge in [0.15, 0.2) is 0 Å². The van der Waals surface area contributed by atoms with Crippen LogP contribution in [0, 0.1) is 18.8 Å². The van der Waals surface area contributed by atoms with Crippen LogP contribution in [0.15, 0.2) is 35.7 Å². The van der Waals surface area contributed by atoms with Gasteiger partial charge in [-0.1, -0.05) is 38.8 Å². The molecule has 3 aromatic rings. The van der Waals surface area contributed by atoms with E-state index in [1.165, 1.54) is 16.2 Å². The fourth-order valence-electron chi connectivity index (χ4n) is 9.06. The Morgan fingerprint density at radius 1 is 1.06 bits per heavy atom. The number of urea groups is 1. The molecule has 0 radical (unpaired) electrons. The van der Waals surface area contributed by atoms with Gasteiger partial charge in [-0.05, 0) is 82.3 Å². The Labute approximate surface area is 372 Å². The second-order valence-electron chi connectivity index (χ2n) is 18.1. The van der Waals surface area contributed by atoms with E-state index in [1.807, 2.05) is 42.7 Å². The van der Waals surface area contributed by atoms with Crippen LogP contribution in [0.25, 0.3) is 21.6 Å². The minimum Gasteiger partial charge on any atom is -0.496 e. The lowest BCUT2D eigenvalue weighted by Crippen LogP contribution is -2.59. The molecule has 18 heteroatoms. The summed E-state index contributed by atoms with van der Waals surface area (Å²) in [7, 11) is -2.32. The SMILES string of the molecule is COc1ccc2c(O[C@@H]3C[C@H]4C(=O)N[C@]5(C(=O)NS(=O)(=O)C6CC6)C[C@H]5/C=C\CCCCC[C@H](NC(=O)N5CCC(CO)CC5)C(=O)N4C3)cc(-c3nc(C(C)C)cs3)nc2c1C. The molecule has 0 unspecified atom stereocenters. The van der Waals surface area contributed by atoms with Crippen molar-refractivity contribution >= 4 is 56.0 Å². The third-order valence-electron chi connectivity index (χ3n) is 13.3. The summed E-state index contributed by atoms with van der Waals surface area (Å²) in [5.41, 5.74) is 1.47. The molecule has 5 amide bonds. The second kappa shape index (κ2) is 18.4. The number of aliphatic hydroxyl groups is 1. The molecule has 0 spiro atoms. The number of allylic oxidation sites excluding steroid dienone is 1. The van der Waals surface area contributed by atoms with Crippen LogP contribution >= 0.6 is 11.3 Å². The van der Waals surface area contributed by atoms with E-state index in [0.717, 1.165) is 24.1 Å². The van der Waals surface area contributed by atoms with Crippen LogP contribution in [-0.2, 0) is 24.4 Å². The van der Waals surface area contributed by atoms with Gasteiger partial charge in [0, 0.05) is 54.4 Å². The third kappa shape index (κ3) is 9.53. The summed E-state index contributed by atoms with van der Waals surface area (Å²) in [4.78, 5) is 70.4. The molecule has 2 saturated carbocycles. The van der Waals surface area contributed by atoms with Crippen molar-refractivity contribution < 1.29 is 42.2 Å². The lowest BCUT2D eigenvalue weighted by molar-refractivity contribution is -0.141. The summed E-state index contributed by atoms with van der Waals surface area (Å²) in [6.07, 6.45) is 8.88. The van der Waals surface area contributed by atoms with Gasteiger partial charge in [-0.15, -0.1) is 11.3 Å². The predicted molar refractivity (Wildman–Crippen MR) is 238 cm³/mol. The van der Waals surface area contributed by atoms with Crippen molar-refractivity contribution in [2.45, 2.75) is 126 Å². The molecular formula is C45H59N7O9S2. The highest BCUT2D eigenvalue weighted by Gasteiger charge is 2.62. The number of methoxy groups -OCH3 is 1. The molecule has 2 aliphatic carbocycles. The molecule has 340 valence electrons. The average Bonchev–Trinajstić information content (AvgIpc) is 4.14. The summed E-state index contributed by atoms with van der Waals surface area (Å²) in [5, 5.41) is 18.4. The van der Waals surface area contributed by atoms with Gasteiger partial charge in [-0.25, -0.2) is 23.2 Å². The number of hydrogen-bond acceptors (Lipinski definition) is 12. The second-order valence-corrected chi connectivity index (χ2v) is 21.0. The van der Waals surface area contributed by atoms with Crippen molar-refractivity contribution in [1.29, 1.82) is 0 Å². The number of hydrogen-bond donors (Lipinski definition) is 4. The van der Waals surface area contributed by atoms with Crippen molar-refractivity contribution in [2.75, 3.05) is 33.4 Å². The predicted octanol–water partition coefficient (Wildman–Crippen LogP) is 4.93. The van der Waals surface area contributed by atoms with E-state index in [1.54, 1.807) is 12.0 Å². The van der Waals surface area contributed by atoms with E-state index in [9.17, 15) is 32.7 Å². The van der Waals surface area contributed by atoms with Crippen LogP contribution in [0.4, 0.5) is 4.79 Å². The summed E-state index contributed by atoms with van der Waals surface area (Å²) in [6.45, 7) is 7.02. The Morgan fingerprint density at radius 3 is 2.54 bits per heavy atom. The summed E-state index contributed by atoms with van der Waals surface area (Å²) in [5.74, 6) is -0.825. The average molecular weight is 906 g/mol. The van der Waals surface area contributed by atoms with Gasteiger partial charge in [0.1, 0.15) is 45.9 Å². The normalized spacial score (nSPS) is 26.6. The van der Waals surface area contributed by atoms with E-state index >= 15 is 0 Å². The molecule has 4 fully saturated rings. The number of ether oxygens (including phenoxy) is 2. The number of sulfonamides is 1. The lowest BCUT2D eigenvalue weighted by Gasteiger charge is -2.34. The minimum absolute atomic E-state index is 0.00714. The first-order valence-corrected chi connectivity index (χ1v) is 24.8. The van der Waals surface area contributed by atoms with E-state index in [-0.39, 0.29) is 43.9 Å². The van der Waals surface area contributed by atoms with Crippen LogP contribution in [-0.4, -0.2) is 119 Å². The van der Waals surface area contributed by atoms with E-state index < -0.39 is 62.6 Å². The van der Waals surface area contributed by atoms with E-state index in [4.69, 9.17) is 19.4 Å². The smallest absolute Gasteiger partial charge is 0.318 e. The van der Waals surface area contributed by atoms with Crippen molar-refractivity contribution in [3.8, 4) is 22.2 Å². The number of thiazole rings is 1. The maximum atomic E-state index is 14.9. The molecule has 3 aliphatic heterocycles. The number of aromatic nitrogens is 2. The number of likely N-dealkylation sites (tertiary alicyclic amines) is 1. The van der Waals surface area contributed by atoms with Crippen molar-refractivity contribution in [3.63, 3.8) is 0 Å². The number of piperidine rings is 1. The highest BCUT2D eigenvalue weighted by Crippen LogP contribution is 2.46. The first kappa shape index (κ1) is 44.8. The number of nitrogens with one attached hydrogen (secondary N) is 3. The number of rotatable bonds is 10. The molecule has 8 rings (SSSR count). The van der Waals surface area contributed by atoms with Gasteiger partial charge in [0.05, 0.1) is 30.1 Å². The van der Waals surface area contributed by atoms with Crippen LogP contribution in [0.5, 0.6) is 11.5 Å². The first-order valence-electron chi connectivity index (χ1n) is 22.3. The number of aliphatic hydroxyl groups excluding tert-OH is 1. The van der Waals surface area contributed by atoms with Crippen molar-refractivity contribution in [2.24, 2.45) is 11.8 Å². The Balaban J connectivity index is 1.13. The first-order chi connectivity index (χ1) is 30.2. The molecule has 4 N–H and O–H groups in total. The zero-order valence-corrected chi connectivity index (χ0v) is 38.1. The Hall–Kier alpha value is -4.81. The largest absolute Gasteiger partial charge is 0.496 e. The van der Waals surface area contributed by atoms with Crippen LogP contribution < -0.4 is 24.8 Å². The van der Waals surface area contributed by atoms with Crippen molar-refractivity contribution in [3.05, 3.63) is 47.0 Å². The summed E-state index contributed by atoms with van der Waals surface area (Å²) >= 11 is 1.48. The van der Waals surface area contributed by atoms with Gasteiger partial charge >= 0.3 is 6.03 Å². The number of benzene rings is 1. The Kier molecular flexibility index (Phi) is 13.0. The zero-order valence-electron chi connectivity index (χ0n) is 36.4. The zero-order chi connectivity index (χ0) is 44.6. The molecule has 63 heavy (non-hydrogen) atoms. The quantitative estimate of drug-likeness (QED) is 0.201. The highest BCUT2D eigenvalue weighted by atomic mass is 32.2. The molecule has 5 atom stereocenters. The summed E-state index contributed by atoms with van der Waals surface area (Å²) in [6, 6.07) is 3.09. The Bertz CT molecular complexity index is 2380. The van der Waals surface area contributed by atoms with Gasteiger partial charge in [0.2, 0.25) is 21.8 Å². The number of fused-ring (bicyclic) bond motifs is 3. The van der Waals surface area contributed by atoms with Gasteiger partial charge < -0.3 is 35.0 Å². The molecule has 5 aliphatic rings. The number of nitrogens with zero attached hydrogens (tertiary/aromatic N) is 4. The maximum absolute atomic E-state index is 14.9. The maximum Gasteiger partial charge on any atom is 0.318 e. The molecule has 2 aromatic heterocycles. The van der Waals surface area contributed by atoms with Gasteiger partial charge in [-0.2, -0.15) is 0 Å². The molecule has 1 aromatic carbocycles. The molecule has 0 bridgehead atoms. The number of carbonyl (C=O) groups is 4. The fourth-order valence-corrected chi connectivity index (χ4v) is 11.4. The minimum atomic E-state index is -3.92. The topological polar surface area (TPSA) is 209 Å². The van der Waals surface area contributed by atoms with Crippen LogP contribution in [0.2, 0.25) is 0 Å². The monoisotopic (exact) mass is 905 g/mol. The lowest BCUT2D eigenvalue weighted by atomic mass is 9.98. The summed E-state index contributed by atoms with van der Waals surface area (Å²) < 4.78 is 40.8. The molecule has 2 saturated heterocycles. The van der Waals surface area contributed by atoms with Crippen LogP contribution in [0.1, 0.15) is 102 Å². The van der Waals surface area contributed by atoms with E-state index in [0.29, 0.717) is 91.1 Å². The number of carbonyl (C=O) groups excluding carboxylic acids is 4. The van der Waals surface area contributed by atoms with Crippen molar-refractivity contribution in [1.82, 2.24) is 35.1 Å². The number of aryl methyl sites for hydroxylation is 1. The third-order valence-corrected chi connectivity index (χ3v) is 16.0. The Morgan fingerprint density at radius 2 is 1.84 bits per heavy atom. The molecular weight excluding hydrogens is 847 g/mol. The van der Waals surface area contributed by atoms with Gasteiger partial charge in [-0.3, -0.25) is 19.1 Å². The molecule has 5 heterocycles. The molecule has 16 nitrogen and oxygen atoms in total. The standard InChI is InChI=1S/C45H59N7O9S2/c1-26(2)35-25-62-41(47-35)34-21-38(32-14-15-37(60-4)27(3)39(32)46-34)61-30-20-36-40(54)49-45(43(56)50-63(58,59)31-12-13-31)22-29(45)10-8-6-5-7-9-11-33(42(55)52(36)23-30)48-44(57)51-18-16-28(24-53)17-19-51/h8,10,14-15,21,25-26,28-31,33,36,53H,5-7,9,11-13,16-20,22-24H2,1-4H3,(H,48,57)(H,49,54)(H,50,56)/b10-8-/t29-,30-,33+,36+,45-/m1/s1. The van der Waals surface area contributed by atoms with Gasteiger partial charge in [0.25, 0.3) is 5.91 Å². The fraction of sp³-hybridized carbons (Fsp3) is 0.600. The van der Waals surface area contributed by atoms with E-state index in [2.05, 4.69) is 29.2 Å². The number of amides is 5. The van der Waals surface area contributed by atoms with Crippen LogP contribution in [0.3, 0.4) is 0 Å². The highest BCUT2D eigenvalue weighted by molar-refractivity contribution is 7.91.